The molecule has 1 amide bonds. The average Bonchev–Trinajstić information content (AvgIpc) is 3.22. The molecule has 2 fully saturated rings. The number of carboxylic acid groups (broad SMARTS) is 1. The Morgan fingerprint density at radius 2 is 2.07 bits per heavy atom. The van der Waals surface area contributed by atoms with Crippen LogP contribution in [0.25, 0.3) is 10.9 Å². The Morgan fingerprint density at radius 3 is 2.86 bits per heavy atom. The molecule has 2 aliphatic rings. The molecule has 1 aromatic carbocycles. The van der Waals surface area contributed by atoms with Crippen molar-refractivity contribution in [3.63, 3.8) is 0 Å². The predicted octanol–water partition coefficient (Wildman–Crippen LogP) is 3.94. The van der Waals surface area contributed by atoms with Crippen LogP contribution in [0, 0.1) is 0 Å². The van der Waals surface area contributed by atoms with Gasteiger partial charge in [0.25, 0.3) is 5.91 Å². The second-order valence-corrected chi connectivity index (χ2v) is 8.23. The first-order valence-corrected chi connectivity index (χ1v) is 10.5. The van der Waals surface area contributed by atoms with Crippen LogP contribution in [0.5, 0.6) is 0 Å². The van der Waals surface area contributed by atoms with Crippen LogP contribution < -0.4 is 0 Å². The second kappa shape index (κ2) is 8.22. The Kier molecular flexibility index (Phi) is 5.52. The van der Waals surface area contributed by atoms with Crippen LogP contribution >= 0.6 is 11.8 Å². The third kappa shape index (κ3) is 3.99. The number of carboxylic acids is 1. The van der Waals surface area contributed by atoms with Crippen LogP contribution in [0.4, 0.5) is 0 Å². The molecule has 2 heterocycles. The van der Waals surface area contributed by atoms with Crippen molar-refractivity contribution in [2.24, 2.45) is 4.99 Å². The molecule has 146 valence electrons. The molecule has 2 aromatic rings. The lowest BCUT2D eigenvalue weighted by Crippen LogP contribution is -2.32. The molecule has 6 nitrogen and oxygen atoms in total. The fraction of sp³-hybridized carbons (Fsp3) is 0.381. The van der Waals surface area contributed by atoms with Gasteiger partial charge in [0.2, 0.25) is 0 Å². The average molecular weight is 398 g/mol. The van der Waals surface area contributed by atoms with Gasteiger partial charge in [0.1, 0.15) is 0 Å². The summed E-state index contributed by atoms with van der Waals surface area (Å²) in [5, 5.41) is 10.9. The molecule has 7 heteroatoms. The van der Waals surface area contributed by atoms with Gasteiger partial charge in [-0.3, -0.25) is 14.7 Å². The summed E-state index contributed by atoms with van der Waals surface area (Å²) < 4.78 is 0. The standard InChI is InChI=1S/C21H23N3O3S/c25-19(26)12-18-20(27)24(21(28-18)23-15-6-2-1-3-7-15)11-10-14-13-22-17-9-5-4-8-16(14)17/h4-5,8-9,12-13,15,22H,1-3,6-7,10-11H2,(H,25,26). The number of aliphatic carboxylic acids is 1. The molecule has 2 N–H and O–H groups in total. The van der Waals surface area contributed by atoms with Gasteiger partial charge in [-0.1, -0.05) is 37.5 Å². The number of benzene rings is 1. The lowest BCUT2D eigenvalue weighted by Gasteiger charge is -2.21. The summed E-state index contributed by atoms with van der Waals surface area (Å²) in [6.45, 7) is 0.482. The van der Waals surface area contributed by atoms with Gasteiger partial charge in [-0.15, -0.1) is 0 Å². The molecule has 0 atom stereocenters. The molecule has 0 radical (unpaired) electrons. The molecule has 0 unspecified atom stereocenters. The SMILES string of the molecule is O=C(O)C=C1SC(=NC2CCCCC2)N(CCc2c[nH]c3ccccc23)C1=O. The maximum atomic E-state index is 12.8. The summed E-state index contributed by atoms with van der Waals surface area (Å²) in [6.07, 6.45) is 9.28. The molecule has 1 saturated heterocycles. The Hall–Kier alpha value is -2.54. The van der Waals surface area contributed by atoms with E-state index in [-0.39, 0.29) is 16.9 Å². The van der Waals surface area contributed by atoms with E-state index in [2.05, 4.69) is 11.1 Å². The minimum atomic E-state index is -1.11. The van der Waals surface area contributed by atoms with Crippen molar-refractivity contribution in [1.82, 2.24) is 9.88 Å². The van der Waals surface area contributed by atoms with Gasteiger partial charge in [0, 0.05) is 29.7 Å². The van der Waals surface area contributed by atoms with Gasteiger partial charge in [-0.25, -0.2) is 4.79 Å². The molecule has 28 heavy (non-hydrogen) atoms. The first-order chi connectivity index (χ1) is 13.6. The van der Waals surface area contributed by atoms with Crippen LogP contribution in [-0.2, 0) is 16.0 Å². The van der Waals surface area contributed by atoms with Crippen LogP contribution in [0.15, 0.2) is 46.4 Å². The number of aromatic nitrogens is 1. The highest BCUT2D eigenvalue weighted by molar-refractivity contribution is 8.18. The first kappa shape index (κ1) is 18.8. The number of hydrogen-bond donors (Lipinski definition) is 2. The number of carbonyl (C=O) groups is 2. The predicted molar refractivity (Wildman–Crippen MR) is 111 cm³/mol. The van der Waals surface area contributed by atoms with Crippen molar-refractivity contribution in [3.8, 4) is 0 Å². The first-order valence-electron chi connectivity index (χ1n) is 9.69. The second-order valence-electron chi connectivity index (χ2n) is 7.22. The van der Waals surface area contributed by atoms with Crippen molar-refractivity contribution in [2.45, 2.75) is 44.6 Å². The van der Waals surface area contributed by atoms with Crippen molar-refractivity contribution < 1.29 is 14.7 Å². The van der Waals surface area contributed by atoms with Crippen molar-refractivity contribution in [3.05, 3.63) is 47.0 Å². The van der Waals surface area contributed by atoms with Gasteiger partial charge < -0.3 is 10.1 Å². The zero-order valence-corrected chi connectivity index (χ0v) is 16.4. The maximum Gasteiger partial charge on any atom is 0.329 e. The van der Waals surface area contributed by atoms with Gasteiger partial charge in [-0.2, -0.15) is 0 Å². The minimum Gasteiger partial charge on any atom is -0.478 e. The molecular weight excluding hydrogens is 374 g/mol. The molecule has 1 aliphatic carbocycles. The van der Waals surface area contributed by atoms with E-state index >= 15 is 0 Å². The van der Waals surface area contributed by atoms with Crippen molar-refractivity contribution in [1.29, 1.82) is 0 Å². The van der Waals surface area contributed by atoms with Gasteiger partial charge in [0.05, 0.1) is 10.9 Å². The minimum absolute atomic E-state index is 0.226. The van der Waals surface area contributed by atoms with E-state index in [9.17, 15) is 9.59 Å². The Labute approximate surface area is 167 Å². The molecule has 1 aromatic heterocycles. The number of aliphatic imine (C=N–C) groups is 1. The largest absolute Gasteiger partial charge is 0.478 e. The highest BCUT2D eigenvalue weighted by Crippen LogP contribution is 2.33. The summed E-state index contributed by atoms with van der Waals surface area (Å²) in [5.74, 6) is -1.37. The third-order valence-corrected chi connectivity index (χ3v) is 6.31. The van der Waals surface area contributed by atoms with Crippen LogP contribution in [0.3, 0.4) is 0 Å². The molecule has 0 spiro atoms. The number of carbonyl (C=O) groups excluding carboxylic acids is 1. The van der Waals surface area contributed by atoms with Gasteiger partial charge >= 0.3 is 5.97 Å². The maximum absolute atomic E-state index is 12.8. The number of thioether (sulfide) groups is 1. The molecule has 1 saturated carbocycles. The van der Waals surface area contributed by atoms with Gasteiger partial charge in [-0.05, 0) is 42.7 Å². The van der Waals surface area contributed by atoms with Crippen molar-refractivity contribution in [2.75, 3.05) is 6.54 Å². The lowest BCUT2D eigenvalue weighted by molar-refractivity contribution is -0.132. The molecule has 0 bridgehead atoms. The van der Waals surface area contributed by atoms with Gasteiger partial charge in [0.15, 0.2) is 5.17 Å². The fourth-order valence-electron chi connectivity index (χ4n) is 3.85. The van der Waals surface area contributed by atoms with E-state index < -0.39 is 5.97 Å². The molecular formula is C21H23N3O3S. The number of para-hydroxylation sites is 1. The van der Waals surface area contributed by atoms with Crippen LogP contribution in [0.1, 0.15) is 37.7 Å². The topological polar surface area (TPSA) is 85.8 Å². The summed E-state index contributed by atoms with van der Waals surface area (Å²) >= 11 is 1.19. The normalized spacial score (nSPS) is 21.3. The highest BCUT2D eigenvalue weighted by Gasteiger charge is 2.34. The summed E-state index contributed by atoms with van der Waals surface area (Å²) in [7, 11) is 0. The number of amidine groups is 1. The highest BCUT2D eigenvalue weighted by atomic mass is 32.2. The zero-order chi connectivity index (χ0) is 19.5. The number of H-pyrrole nitrogens is 1. The van der Waals surface area contributed by atoms with E-state index in [1.165, 1.54) is 18.2 Å². The quantitative estimate of drug-likeness (QED) is 0.748. The molecule has 1 aliphatic heterocycles. The Morgan fingerprint density at radius 1 is 1.29 bits per heavy atom. The number of rotatable bonds is 5. The zero-order valence-electron chi connectivity index (χ0n) is 15.6. The summed E-state index contributed by atoms with van der Waals surface area (Å²) in [5.41, 5.74) is 2.21. The van der Waals surface area contributed by atoms with E-state index in [0.29, 0.717) is 18.1 Å². The Balaban J connectivity index is 1.56. The number of fused-ring (bicyclic) bond motifs is 1. The van der Waals surface area contributed by atoms with E-state index in [0.717, 1.165) is 48.2 Å². The van der Waals surface area contributed by atoms with E-state index in [1.54, 1.807) is 4.90 Å². The number of nitrogens with one attached hydrogen (secondary N) is 1. The summed E-state index contributed by atoms with van der Waals surface area (Å²) in [6, 6.07) is 8.30. The Bertz CT molecular complexity index is 957. The van der Waals surface area contributed by atoms with E-state index in [1.807, 2.05) is 24.4 Å². The molecule has 4 rings (SSSR count). The number of nitrogens with zero attached hydrogens (tertiary/aromatic N) is 2. The third-order valence-electron chi connectivity index (χ3n) is 5.29. The monoisotopic (exact) mass is 397 g/mol. The summed E-state index contributed by atoms with van der Waals surface area (Å²) in [4.78, 5) is 33.9. The number of hydrogen-bond acceptors (Lipinski definition) is 4. The van der Waals surface area contributed by atoms with Crippen LogP contribution in [0.2, 0.25) is 0 Å². The van der Waals surface area contributed by atoms with E-state index in [4.69, 9.17) is 10.1 Å². The fourth-order valence-corrected chi connectivity index (χ4v) is 4.89. The number of aromatic amines is 1. The van der Waals surface area contributed by atoms with Crippen LogP contribution in [-0.4, -0.2) is 44.6 Å². The lowest BCUT2D eigenvalue weighted by atomic mass is 9.96. The van der Waals surface area contributed by atoms with Crippen molar-refractivity contribution >= 4 is 39.7 Å². The number of amides is 1. The smallest absolute Gasteiger partial charge is 0.329 e.